The molecule has 0 bridgehead atoms. The smallest absolute Gasteiger partial charge is 0.411 e. The van der Waals surface area contributed by atoms with Crippen molar-refractivity contribution in [3.8, 4) is 12.3 Å². The third kappa shape index (κ3) is 5.41. The molecule has 0 unspecified atom stereocenters. The van der Waals surface area contributed by atoms with Crippen LogP contribution in [-0.2, 0) is 4.74 Å². The molecule has 0 aliphatic heterocycles. The summed E-state index contributed by atoms with van der Waals surface area (Å²) in [4.78, 5) is 12.5. The Hall–Kier alpha value is -1.24. The van der Waals surface area contributed by atoms with Gasteiger partial charge in [0.15, 0.2) is 0 Å². The average molecular weight is 201 g/mol. The largest absolute Gasteiger partial charge is 0.444 e. The number of nitrogens with zero attached hydrogens (tertiary/aromatic N) is 1. The standard InChI is InChI=1S/C10H16FNO2/c1-5-7-12(8-6-11)9(13)14-10(2,3)4/h1H,6-8H2,2-4H3. The summed E-state index contributed by atoms with van der Waals surface area (Å²) < 4.78 is 17.1. The van der Waals surface area contributed by atoms with Gasteiger partial charge < -0.3 is 4.74 Å². The van der Waals surface area contributed by atoms with Crippen LogP contribution >= 0.6 is 0 Å². The predicted molar refractivity (Wildman–Crippen MR) is 52.6 cm³/mol. The Bertz CT molecular complexity index is 227. The van der Waals surface area contributed by atoms with Crippen LogP contribution in [0.5, 0.6) is 0 Å². The highest BCUT2D eigenvalue weighted by Crippen LogP contribution is 2.09. The van der Waals surface area contributed by atoms with Gasteiger partial charge in [0.25, 0.3) is 0 Å². The quantitative estimate of drug-likeness (QED) is 0.652. The number of halogens is 1. The molecule has 0 aromatic rings. The molecule has 0 aromatic carbocycles. The molecule has 4 heteroatoms. The van der Waals surface area contributed by atoms with Crippen LogP contribution in [0.25, 0.3) is 0 Å². The number of rotatable bonds is 3. The molecule has 0 saturated carbocycles. The molecule has 0 heterocycles. The molecular formula is C10H16FNO2. The van der Waals surface area contributed by atoms with Gasteiger partial charge in [0.1, 0.15) is 12.3 Å². The molecule has 80 valence electrons. The van der Waals surface area contributed by atoms with E-state index in [1.54, 1.807) is 20.8 Å². The molecule has 0 fully saturated rings. The molecule has 0 radical (unpaired) electrons. The normalized spacial score (nSPS) is 10.5. The third-order valence-corrected chi connectivity index (χ3v) is 1.29. The lowest BCUT2D eigenvalue weighted by molar-refractivity contribution is 0.0265. The zero-order valence-electron chi connectivity index (χ0n) is 8.84. The summed E-state index contributed by atoms with van der Waals surface area (Å²) in [5.41, 5.74) is -0.583. The lowest BCUT2D eigenvalue weighted by atomic mass is 10.2. The number of alkyl halides is 1. The van der Waals surface area contributed by atoms with Crippen molar-refractivity contribution < 1.29 is 13.9 Å². The number of hydrogen-bond acceptors (Lipinski definition) is 2. The molecule has 0 aliphatic carbocycles. The first kappa shape index (κ1) is 12.8. The molecule has 0 aromatic heterocycles. The van der Waals surface area contributed by atoms with Gasteiger partial charge in [-0.25, -0.2) is 9.18 Å². The Labute approximate surface area is 84.2 Å². The first-order valence-electron chi connectivity index (χ1n) is 4.38. The summed E-state index contributed by atoms with van der Waals surface area (Å²) in [5, 5.41) is 0. The van der Waals surface area contributed by atoms with Crippen molar-refractivity contribution in [2.75, 3.05) is 19.8 Å². The monoisotopic (exact) mass is 201 g/mol. The van der Waals surface area contributed by atoms with Gasteiger partial charge >= 0.3 is 6.09 Å². The van der Waals surface area contributed by atoms with Crippen molar-refractivity contribution in [1.82, 2.24) is 4.90 Å². The van der Waals surface area contributed by atoms with E-state index < -0.39 is 18.4 Å². The van der Waals surface area contributed by atoms with Gasteiger partial charge in [-0.2, -0.15) is 0 Å². The summed E-state index contributed by atoms with van der Waals surface area (Å²) in [6.07, 6.45) is 4.46. The van der Waals surface area contributed by atoms with Crippen LogP contribution in [0.4, 0.5) is 9.18 Å². The molecule has 0 saturated heterocycles. The SMILES string of the molecule is C#CCN(CCF)C(=O)OC(C)(C)C. The summed E-state index contributed by atoms with van der Waals surface area (Å²) >= 11 is 0. The maximum Gasteiger partial charge on any atom is 0.411 e. The summed E-state index contributed by atoms with van der Waals surface area (Å²) in [7, 11) is 0. The van der Waals surface area contributed by atoms with Crippen LogP contribution in [0.3, 0.4) is 0 Å². The van der Waals surface area contributed by atoms with E-state index in [1.165, 1.54) is 0 Å². The number of carbonyl (C=O) groups is 1. The molecule has 1 amide bonds. The fraction of sp³-hybridized carbons (Fsp3) is 0.700. The molecule has 0 rings (SSSR count). The second-order valence-electron chi connectivity index (χ2n) is 3.80. The fourth-order valence-corrected chi connectivity index (χ4v) is 0.774. The number of hydrogen-bond donors (Lipinski definition) is 0. The van der Waals surface area contributed by atoms with Crippen LogP contribution in [0.2, 0.25) is 0 Å². The first-order valence-corrected chi connectivity index (χ1v) is 4.38. The Balaban J connectivity index is 4.23. The molecule has 0 spiro atoms. The van der Waals surface area contributed by atoms with E-state index in [-0.39, 0.29) is 13.1 Å². The van der Waals surface area contributed by atoms with Crippen LogP contribution in [0.1, 0.15) is 20.8 Å². The van der Waals surface area contributed by atoms with E-state index in [0.717, 1.165) is 4.90 Å². The second kappa shape index (κ2) is 5.48. The van der Waals surface area contributed by atoms with E-state index in [1.807, 2.05) is 0 Å². The third-order valence-electron chi connectivity index (χ3n) is 1.29. The fourth-order valence-electron chi connectivity index (χ4n) is 0.774. The molecule has 3 nitrogen and oxygen atoms in total. The van der Waals surface area contributed by atoms with Crippen molar-refractivity contribution in [2.24, 2.45) is 0 Å². The van der Waals surface area contributed by atoms with Crippen molar-refractivity contribution in [1.29, 1.82) is 0 Å². The highest BCUT2D eigenvalue weighted by molar-refractivity contribution is 5.68. The van der Waals surface area contributed by atoms with E-state index in [4.69, 9.17) is 11.2 Å². The van der Waals surface area contributed by atoms with Gasteiger partial charge in [-0.3, -0.25) is 4.90 Å². The Morgan fingerprint density at radius 3 is 2.50 bits per heavy atom. The molecule has 0 aliphatic rings. The maximum atomic E-state index is 12.0. The lowest BCUT2D eigenvalue weighted by Gasteiger charge is -2.25. The van der Waals surface area contributed by atoms with E-state index in [9.17, 15) is 9.18 Å². The maximum absolute atomic E-state index is 12.0. The second-order valence-corrected chi connectivity index (χ2v) is 3.80. The minimum Gasteiger partial charge on any atom is -0.444 e. The van der Waals surface area contributed by atoms with E-state index in [0.29, 0.717) is 0 Å². The minimum atomic E-state index is -0.624. The van der Waals surface area contributed by atoms with E-state index in [2.05, 4.69) is 5.92 Å². The zero-order chi connectivity index (χ0) is 11.2. The van der Waals surface area contributed by atoms with Gasteiger partial charge in [0, 0.05) is 0 Å². The number of amides is 1. The van der Waals surface area contributed by atoms with Gasteiger partial charge in [-0.1, -0.05) is 5.92 Å². The van der Waals surface area contributed by atoms with Crippen LogP contribution in [0.15, 0.2) is 0 Å². The van der Waals surface area contributed by atoms with Gasteiger partial charge in [-0.15, -0.1) is 6.42 Å². The molecular weight excluding hydrogens is 185 g/mol. The predicted octanol–water partition coefficient (Wildman–Crippen LogP) is 1.83. The summed E-state index contributed by atoms with van der Waals surface area (Å²) in [6, 6.07) is 0. The number of ether oxygens (including phenoxy) is 1. The first-order chi connectivity index (χ1) is 6.40. The van der Waals surface area contributed by atoms with Crippen molar-refractivity contribution >= 4 is 6.09 Å². The molecule has 0 N–H and O–H groups in total. The summed E-state index contributed by atoms with van der Waals surface area (Å²) in [6.45, 7) is 4.65. The van der Waals surface area contributed by atoms with E-state index >= 15 is 0 Å². The van der Waals surface area contributed by atoms with Crippen LogP contribution in [-0.4, -0.2) is 36.4 Å². The van der Waals surface area contributed by atoms with Crippen molar-refractivity contribution in [2.45, 2.75) is 26.4 Å². The van der Waals surface area contributed by atoms with Crippen LogP contribution in [0, 0.1) is 12.3 Å². The minimum absolute atomic E-state index is 0.0287. The Morgan fingerprint density at radius 1 is 1.57 bits per heavy atom. The van der Waals surface area contributed by atoms with Gasteiger partial charge in [-0.05, 0) is 20.8 Å². The molecule has 0 atom stereocenters. The molecule has 14 heavy (non-hydrogen) atoms. The number of terminal acetylenes is 1. The highest BCUT2D eigenvalue weighted by atomic mass is 19.1. The Kier molecular flexibility index (Phi) is 5.00. The van der Waals surface area contributed by atoms with Crippen molar-refractivity contribution in [3.05, 3.63) is 0 Å². The average Bonchev–Trinajstić information content (AvgIpc) is 2.01. The van der Waals surface area contributed by atoms with Crippen molar-refractivity contribution in [3.63, 3.8) is 0 Å². The Morgan fingerprint density at radius 2 is 2.14 bits per heavy atom. The number of carbonyl (C=O) groups excluding carboxylic acids is 1. The summed E-state index contributed by atoms with van der Waals surface area (Å²) in [5.74, 6) is 2.28. The van der Waals surface area contributed by atoms with Crippen LogP contribution < -0.4 is 0 Å². The van der Waals surface area contributed by atoms with Gasteiger partial charge in [0.2, 0.25) is 0 Å². The highest BCUT2D eigenvalue weighted by Gasteiger charge is 2.20. The topological polar surface area (TPSA) is 29.5 Å². The van der Waals surface area contributed by atoms with Gasteiger partial charge in [0.05, 0.1) is 13.1 Å². The zero-order valence-corrected chi connectivity index (χ0v) is 8.84. The lowest BCUT2D eigenvalue weighted by Crippen LogP contribution is -2.38.